The molecule has 76 valence electrons. The molecule has 0 fully saturated rings. The van der Waals surface area contributed by atoms with Gasteiger partial charge in [-0.15, -0.1) is 0 Å². The fraction of sp³-hybridized carbons (Fsp3) is 0.0833. The van der Waals surface area contributed by atoms with Crippen molar-refractivity contribution >= 4 is 6.08 Å². The summed E-state index contributed by atoms with van der Waals surface area (Å²) in [7, 11) is 0. The van der Waals surface area contributed by atoms with Crippen LogP contribution in [0.5, 0.6) is 0 Å². The third-order valence-corrected chi connectivity index (χ3v) is 2.05. The van der Waals surface area contributed by atoms with Gasteiger partial charge in [0.2, 0.25) is 0 Å². The molecule has 3 nitrogen and oxygen atoms in total. The molecule has 3 heteroatoms. The Morgan fingerprint density at radius 1 is 1.20 bits per heavy atom. The van der Waals surface area contributed by atoms with Crippen molar-refractivity contribution in [3.05, 3.63) is 48.2 Å². The first-order valence-electron chi connectivity index (χ1n) is 4.68. The van der Waals surface area contributed by atoms with Gasteiger partial charge in [-0.2, -0.15) is 0 Å². The van der Waals surface area contributed by atoms with E-state index >= 15 is 0 Å². The molecule has 0 aliphatic heterocycles. The lowest BCUT2D eigenvalue weighted by Gasteiger charge is -1.96. The van der Waals surface area contributed by atoms with Crippen molar-refractivity contribution in [1.29, 1.82) is 0 Å². The molecule has 0 aliphatic rings. The van der Waals surface area contributed by atoms with E-state index in [9.17, 15) is 0 Å². The highest BCUT2D eigenvalue weighted by molar-refractivity contribution is 5.60. The Morgan fingerprint density at radius 3 is 2.60 bits per heavy atom. The predicted octanol–water partition coefficient (Wildman–Crippen LogP) is 2.35. The summed E-state index contributed by atoms with van der Waals surface area (Å²) in [5.74, 6) is 0.757. The third kappa shape index (κ3) is 2.33. The molecule has 0 bridgehead atoms. The molecule has 0 atom stereocenters. The monoisotopic (exact) mass is 201 g/mol. The summed E-state index contributed by atoms with van der Waals surface area (Å²) in [5.41, 5.74) is 2.04. The van der Waals surface area contributed by atoms with Gasteiger partial charge in [0.1, 0.15) is 0 Å². The summed E-state index contributed by atoms with van der Waals surface area (Å²) in [6, 6.07) is 9.65. The van der Waals surface area contributed by atoms with E-state index in [1.165, 1.54) is 0 Å². The van der Waals surface area contributed by atoms with Gasteiger partial charge in [0.25, 0.3) is 0 Å². The normalized spacial score (nSPS) is 11.0. The van der Waals surface area contributed by atoms with Crippen LogP contribution < -0.4 is 0 Å². The minimum absolute atomic E-state index is 0.0594. The van der Waals surface area contributed by atoms with Gasteiger partial charge in [0.15, 0.2) is 5.76 Å². The Hall–Kier alpha value is -1.87. The van der Waals surface area contributed by atoms with E-state index in [1.807, 2.05) is 36.4 Å². The van der Waals surface area contributed by atoms with Crippen molar-refractivity contribution in [2.75, 3.05) is 6.61 Å². The number of hydrogen-bond acceptors (Lipinski definition) is 3. The lowest BCUT2D eigenvalue weighted by atomic mass is 10.1. The van der Waals surface area contributed by atoms with Gasteiger partial charge in [-0.05, 0) is 5.56 Å². The van der Waals surface area contributed by atoms with Gasteiger partial charge >= 0.3 is 0 Å². The topological polar surface area (TPSA) is 46.3 Å². The van der Waals surface area contributed by atoms with Crippen LogP contribution in [0.15, 0.2) is 47.1 Å². The fourth-order valence-electron chi connectivity index (χ4n) is 1.31. The second-order valence-electron chi connectivity index (χ2n) is 3.08. The maximum Gasteiger partial charge on any atom is 0.166 e. The molecule has 1 aromatic carbocycles. The van der Waals surface area contributed by atoms with Gasteiger partial charge in [-0.25, -0.2) is 0 Å². The van der Waals surface area contributed by atoms with Crippen molar-refractivity contribution in [1.82, 2.24) is 5.16 Å². The number of benzene rings is 1. The Balaban J connectivity index is 2.21. The molecule has 2 rings (SSSR count). The number of aliphatic hydroxyl groups excluding tert-OH is 1. The molecule has 1 N–H and O–H groups in total. The second kappa shape index (κ2) is 4.57. The standard InChI is InChI=1S/C12H11NO2/c14-9-1-2-10-3-5-11(6-4-10)12-7-8-13-15-12/h1-8,14H,9H2. The number of aromatic nitrogens is 1. The van der Waals surface area contributed by atoms with E-state index in [1.54, 1.807) is 12.3 Å². The molecule has 0 saturated carbocycles. The fourth-order valence-corrected chi connectivity index (χ4v) is 1.31. The predicted molar refractivity (Wildman–Crippen MR) is 58.1 cm³/mol. The van der Waals surface area contributed by atoms with E-state index < -0.39 is 0 Å². The third-order valence-electron chi connectivity index (χ3n) is 2.05. The van der Waals surface area contributed by atoms with E-state index in [0.29, 0.717) is 0 Å². The first kappa shape index (κ1) is 9.68. The van der Waals surface area contributed by atoms with Crippen molar-refractivity contribution in [3.8, 4) is 11.3 Å². The quantitative estimate of drug-likeness (QED) is 0.829. The van der Waals surface area contributed by atoms with Crippen LogP contribution in [0.25, 0.3) is 17.4 Å². The molecule has 0 aliphatic carbocycles. The zero-order valence-corrected chi connectivity index (χ0v) is 8.13. The summed E-state index contributed by atoms with van der Waals surface area (Å²) in [4.78, 5) is 0. The highest BCUT2D eigenvalue weighted by Gasteiger charge is 1.99. The van der Waals surface area contributed by atoms with E-state index in [-0.39, 0.29) is 6.61 Å². The van der Waals surface area contributed by atoms with Gasteiger partial charge in [0.05, 0.1) is 12.8 Å². The van der Waals surface area contributed by atoms with Crippen LogP contribution in [-0.4, -0.2) is 16.9 Å². The number of hydrogen-bond donors (Lipinski definition) is 1. The highest BCUT2D eigenvalue weighted by Crippen LogP contribution is 2.19. The molecule has 1 aromatic heterocycles. The molecule has 0 radical (unpaired) electrons. The molecule has 0 saturated heterocycles. The SMILES string of the molecule is OCC=Cc1ccc(-c2ccno2)cc1. The van der Waals surface area contributed by atoms with Gasteiger partial charge in [-0.1, -0.05) is 41.6 Å². The second-order valence-corrected chi connectivity index (χ2v) is 3.08. The van der Waals surface area contributed by atoms with Gasteiger partial charge in [-0.3, -0.25) is 0 Å². The summed E-state index contributed by atoms with van der Waals surface area (Å²) >= 11 is 0. The maximum atomic E-state index is 8.62. The summed E-state index contributed by atoms with van der Waals surface area (Å²) in [5, 5.41) is 12.3. The average Bonchev–Trinajstić information content (AvgIpc) is 2.80. The van der Waals surface area contributed by atoms with Crippen LogP contribution in [0.4, 0.5) is 0 Å². The summed E-state index contributed by atoms with van der Waals surface area (Å²) in [6.45, 7) is 0.0594. The summed E-state index contributed by atoms with van der Waals surface area (Å²) < 4.78 is 5.03. The van der Waals surface area contributed by atoms with Crippen molar-refractivity contribution < 1.29 is 9.63 Å². The van der Waals surface area contributed by atoms with Gasteiger partial charge in [0, 0.05) is 11.6 Å². The average molecular weight is 201 g/mol. The number of aliphatic hydroxyl groups is 1. The van der Waals surface area contributed by atoms with E-state index in [4.69, 9.17) is 9.63 Å². The minimum atomic E-state index is 0.0594. The molecular weight excluding hydrogens is 190 g/mol. The summed E-state index contributed by atoms with van der Waals surface area (Å²) in [6.07, 6.45) is 5.18. The minimum Gasteiger partial charge on any atom is -0.392 e. The first-order valence-corrected chi connectivity index (χ1v) is 4.68. The lowest BCUT2D eigenvalue weighted by molar-refractivity contribution is 0.343. The van der Waals surface area contributed by atoms with Crippen LogP contribution in [0, 0.1) is 0 Å². The smallest absolute Gasteiger partial charge is 0.166 e. The molecular formula is C12H11NO2. The molecule has 2 aromatic rings. The number of nitrogens with zero attached hydrogens (tertiary/aromatic N) is 1. The number of rotatable bonds is 3. The lowest BCUT2D eigenvalue weighted by Crippen LogP contribution is -1.76. The van der Waals surface area contributed by atoms with Crippen LogP contribution in [0.3, 0.4) is 0 Å². The van der Waals surface area contributed by atoms with Crippen LogP contribution in [-0.2, 0) is 0 Å². The van der Waals surface area contributed by atoms with Gasteiger partial charge < -0.3 is 9.63 Å². The Bertz CT molecular complexity index is 429. The Kier molecular flexibility index (Phi) is 2.95. The first-order chi connectivity index (χ1) is 7.40. The van der Waals surface area contributed by atoms with Crippen molar-refractivity contribution in [2.24, 2.45) is 0 Å². The molecule has 1 heterocycles. The van der Waals surface area contributed by atoms with Crippen molar-refractivity contribution in [2.45, 2.75) is 0 Å². The Morgan fingerprint density at radius 2 is 2.00 bits per heavy atom. The molecule has 0 amide bonds. The molecule has 15 heavy (non-hydrogen) atoms. The van der Waals surface area contributed by atoms with Crippen molar-refractivity contribution in [3.63, 3.8) is 0 Å². The molecule has 0 spiro atoms. The van der Waals surface area contributed by atoms with E-state index in [2.05, 4.69) is 5.16 Å². The van der Waals surface area contributed by atoms with Crippen LogP contribution in [0.2, 0.25) is 0 Å². The van der Waals surface area contributed by atoms with E-state index in [0.717, 1.165) is 16.9 Å². The zero-order chi connectivity index (χ0) is 10.5. The maximum absolute atomic E-state index is 8.62. The largest absolute Gasteiger partial charge is 0.392 e. The van der Waals surface area contributed by atoms with Crippen LogP contribution in [0.1, 0.15) is 5.56 Å². The Labute approximate surface area is 87.7 Å². The molecule has 0 unspecified atom stereocenters. The zero-order valence-electron chi connectivity index (χ0n) is 8.13. The highest BCUT2D eigenvalue weighted by atomic mass is 16.5. The van der Waals surface area contributed by atoms with Crippen LogP contribution >= 0.6 is 0 Å².